The maximum absolute atomic E-state index is 14.4. The Morgan fingerprint density at radius 3 is 2.57 bits per heavy atom. The van der Waals surface area contributed by atoms with Crippen molar-refractivity contribution in [1.29, 1.82) is 0 Å². The molecule has 5 aromatic rings. The second-order valence-electron chi connectivity index (χ2n) is 8.39. The zero-order chi connectivity index (χ0) is 24.4. The molecule has 0 bridgehead atoms. The first-order valence-corrected chi connectivity index (χ1v) is 11.5. The van der Waals surface area contributed by atoms with Gasteiger partial charge in [-0.2, -0.15) is 0 Å². The SMILES string of the molecule is CCCCc1cn(-c2c(F)ccn2C)c(=O)n1Cc1ccc(-c2ccccc2-c2nnn[nH]2)cn1. The number of rotatable bonds is 8. The van der Waals surface area contributed by atoms with Crippen molar-refractivity contribution in [1.82, 2.24) is 39.3 Å². The highest BCUT2D eigenvalue weighted by Crippen LogP contribution is 2.29. The topological polar surface area (TPSA) is 99.2 Å². The summed E-state index contributed by atoms with van der Waals surface area (Å²) < 4.78 is 19.1. The third kappa shape index (κ3) is 4.30. The third-order valence-electron chi connectivity index (χ3n) is 6.05. The van der Waals surface area contributed by atoms with Gasteiger partial charge >= 0.3 is 5.69 Å². The molecule has 0 saturated carbocycles. The molecule has 0 aliphatic heterocycles. The first-order chi connectivity index (χ1) is 17.1. The summed E-state index contributed by atoms with van der Waals surface area (Å²) in [5, 5.41) is 14.2. The molecule has 1 aromatic carbocycles. The van der Waals surface area contributed by atoms with Gasteiger partial charge in [0.2, 0.25) is 0 Å². The molecular formula is C25H25FN8O. The van der Waals surface area contributed by atoms with E-state index in [-0.39, 0.29) is 11.5 Å². The van der Waals surface area contributed by atoms with Crippen molar-refractivity contribution in [2.45, 2.75) is 32.7 Å². The Hall–Kier alpha value is -4.34. The fourth-order valence-electron chi connectivity index (χ4n) is 4.23. The molecule has 0 saturated heterocycles. The van der Waals surface area contributed by atoms with Crippen molar-refractivity contribution in [2.75, 3.05) is 0 Å². The predicted octanol–water partition coefficient (Wildman–Crippen LogP) is 3.75. The van der Waals surface area contributed by atoms with Crippen LogP contribution in [0, 0.1) is 5.82 Å². The molecule has 35 heavy (non-hydrogen) atoms. The molecule has 10 heteroatoms. The number of aromatic amines is 1. The number of imidazole rings is 1. The van der Waals surface area contributed by atoms with Crippen molar-refractivity contribution in [3.05, 3.63) is 88.7 Å². The quantitative estimate of drug-likeness (QED) is 0.371. The standard InChI is InChI=1S/C25H25FN8O/c1-3-4-7-19-16-34(24-22(26)12-13-32(24)2)25(35)33(19)15-18-11-10-17(14-27-18)20-8-5-6-9-21(20)23-28-30-31-29-23/h5-6,8-14,16H,3-4,7,15H2,1-2H3,(H,28,29,30,31). The van der Waals surface area contributed by atoms with Gasteiger partial charge in [-0.15, -0.1) is 5.10 Å². The molecular weight excluding hydrogens is 447 g/mol. The highest BCUT2D eigenvalue weighted by molar-refractivity contribution is 5.79. The maximum Gasteiger partial charge on any atom is 0.334 e. The number of halogens is 1. The average molecular weight is 473 g/mol. The van der Waals surface area contributed by atoms with Crippen molar-refractivity contribution in [3.8, 4) is 28.3 Å². The summed E-state index contributed by atoms with van der Waals surface area (Å²) >= 11 is 0. The van der Waals surface area contributed by atoms with Crippen molar-refractivity contribution in [3.63, 3.8) is 0 Å². The number of nitrogens with one attached hydrogen (secondary N) is 1. The third-order valence-corrected chi connectivity index (χ3v) is 6.05. The molecule has 9 nitrogen and oxygen atoms in total. The van der Waals surface area contributed by atoms with E-state index in [0.29, 0.717) is 12.4 Å². The predicted molar refractivity (Wildman–Crippen MR) is 130 cm³/mol. The number of pyridine rings is 1. The Morgan fingerprint density at radius 2 is 1.91 bits per heavy atom. The molecule has 4 aromatic heterocycles. The van der Waals surface area contributed by atoms with E-state index in [1.165, 1.54) is 10.6 Å². The van der Waals surface area contributed by atoms with E-state index >= 15 is 0 Å². The molecule has 0 spiro atoms. The van der Waals surface area contributed by atoms with Crippen LogP contribution in [0.4, 0.5) is 4.39 Å². The number of aryl methyl sites for hydroxylation is 2. The molecule has 0 atom stereocenters. The van der Waals surface area contributed by atoms with Crippen molar-refractivity contribution < 1.29 is 4.39 Å². The lowest BCUT2D eigenvalue weighted by Crippen LogP contribution is -2.26. The summed E-state index contributed by atoms with van der Waals surface area (Å²) in [5.41, 5.74) is 4.01. The van der Waals surface area contributed by atoms with Gasteiger partial charge in [0.05, 0.1) is 12.2 Å². The molecule has 4 heterocycles. The fourth-order valence-corrected chi connectivity index (χ4v) is 4.23. The van der Waals surface area contributed by atoms with E-state index < -0.39 is 5.82 Å². The largest absolute Gasteiger partial charge is 0.335 e. The van der Waals surface area contributed by atoms with E-state index in [9.17, 15) is 9.18 Å². The van der Waals surface area contributed by atoms with Crippen LogP contribution < -0.4 is 5.69 Å². The Labute approximate surface area is 200 Å². The second-order valence-corrected chi connectivity index (χ2v) is 8.39. The second kappa shape index (κ2) is 9.49. The molecule has 1 N–H and O–H groups in total. The Bertz CT molecular complexity index is 1480. The normalized spacial score (nSPS) is 11.3. The van der Waals surface area contributed by atoms with E-state index in [2.05, 4.69) is 32.5 Å². The van der Waals surface area contributed by atoms with Gasteiger partial charge in [-0.3, -0.25) is 14.1 Å². The number of benzene rings is 1. The molecule has 178 valence electrons. The van der Waals surface area contributed by atoms with E-state index in [4.69, 9.17) is 0 Å². The summed E-state index contributed by atoms with van der Waals surface area (Å²) in [6.07, 6.45) is 7.77. The first-order valence-electron chi connectivity index (χ1n) is 11.5. The number of nitrogens with zero attached hydrogens (tertiary/aromatic N) is 7. The van der Waals surface area contributed by atoms with Crippen LogP contribution in [0.25, 0.3) is 28.3 Å². The van der Waals surface area contributed by atoms with Crippen LogP contribution in [0.1, 0.15) is 31.2 Å². The minimum atomic E-state index is -0.433. The minimum absolute atomic E-state index is 0.230. The van der Waals surface area contributed by atoms with Gasteiger partial charge in [0, 0.05) is 42.5 Å². The average Bonchev–Trinajstić information content (AvgIpc) is 3.60. The van der Waals surface area contributed by atoms with Crippen LogP contribution in [0.2, 0.25) is 0 Å². The maximum atomic E-state index is 14.4. The van der Waals surface area contributed by atoms with Crippen LogP contribution >= 0.6 is 0 Å². The number of aromatic nitrogens is 8. The van der Waals surface area contributed by atoms with Crippen LogP contribution in [-0.4, -0.2) is 39.3 Å². The van der Waals surface area contributed by atoms with Gasteiger partial charge in [0.15, 0.2) is 17.5 Å². The van der Waals surface area contributed by atoms with Gasteiger partial charge in [0.1, 0.15) is 0 Å². The number of H-pyrrole nitrogens is 1. The van der Waals surface area contributed by atoms with Crippen LogP contribution in [0.3, 0.4) is 0 Å². The zero-order valence-electron chi connectivity index (χ0n) is 19.5. The highest BCUT2D eigenvalue weighted by Gasteiger charge is 2.18. The van der Waals surface area contributed by atoms with E-state index in [1.54, 1.807) is 34.8 Å². The van der Waals surface area contributed by atoms with Crippen LogP contribution in [-0.2, 0) is 20.0 Å². The Balaban J connectivity index is 1.48. The molecule has 0 aliphatic rings. The zero-order valence-corrected chi connectivity index (χ0v) is 19.5. The van der Waals surface area contributed by atoms with Crippen molar-refractivity contribution >= 4 is 0 Å². The lowest BCUT2D eigenvalue weighted by molar-refractivity contribution is 0.603. The molecule has 0 radical (unpaired) electrons. The van der Waals surface area contributed by atoms with Gasteiger partial charge in [-0.25, -0.2) is 14.3 Å². The van der Waals surface area contributed by atoms with Gasteiger partial charge in [-0.1, -0.05) is 43.7 Å². The number of tetrazole rings is 1. The number of unbranched alkanes of at least 4 members (excludes halogenated alkanes) is 1. The summed E-state index contributed by atoms with van der Waals surface area (Å²) in [7, 11) is 1.72. The molecule has 5 rings (SSSR count). The summed E-state index contributed by atoms with van der Waals surface area (Å²) in [5.74, 6) is 0.372. The lowest BCUT2D eigenvalue weighted by Gasteiger charge is -2.09. The Morgan fingerprint density at radius 1 is 1.09 bits per heavy atom. The van der Waals surface area contributed by atoms with Crippen LogP contribution in [0.5, 0.6) is 0 Å². The fraction of sp³-hybridized carbons (Fsp3) is 0.240. The van der Waals surface area contributed by atoms with Crippen LogP contribution in [0.15, 0.2) is 65.8 Å². The highest BCUT2D eigenvalue weighted by atomic mass is 19.1. The molecule has 0 aliphatic carbocycles. The molecule has 0 fully saturated rings. The number of hydrogen-bond acceptors (Lipinski definition) is 5. The van der Waals surface area contributed by atoms with Gasteiger partial charge in [-0.05, 0) is 41.0 Å². The minimum Gasteiger partial charge on any atom is -0.335 e. The lowest BCUT2D eigenvalue weighted by atomic mass is 10.0. The summed E-state index contributed by atoms with van der Waals surface area (Å²) in [6, 6.07) is 13.0. The summed E-state index contributed by atoms with van der Waals surface area (Å²) in [6.45, 7) is 2.40. The monoisotopic (exact) mass is 472 g/mol. The van der Waals surface area contributed by atoms with E-state index in [0.717, 1.165) is 47.3 Å². The molecule has 0 amide bonds. The Kier molecular flexibility index (Phi) is 6.09. The number of hydrogen-bond donors (Lipinski definition) is 1. The first kappa shape index (κ1) is 22.5. The van der Waals surface area contributed by atoms with Gasteiger partial charge in [0.25, 0.3) is 0 Å². The molecule has 0 unspecified atom stereocenters. The summed E-state index contributed by atoms with van der Waals surface area (Å²) in [4.78, 5) is 18.0. The smallest absolute Gasteiger partial charge is 0.334 e. The van der Waals surface area contributed by atoms with Gasteiger partial charge < -0.3 is 4.57 Å². The van der Waals surface area contributed by atoms with Crippen molar-refractivity contribution in [2.24, 2.45) is 7.05 Å². The van der Waals surface area contributed by atoms with E-state index in [1.807, 2.05) is 36.4 Å².